The van der Waals surface area contributed by atoms with E-state index in [0.29, 0.717) is 18.6 Å². The fraction of sp³-hybridized carbons (Fsp3) is 0.571. The molecule has 0 saturated heterocycles. The first-order chi connectivity index (χ1) is 9.92. The number of hydrogen-bond acceptors (Lipinski definition) is 5. The fourth-order valence-corrected chi connectivity index (χ4v) is 4.32. The van der Waals surface area contributed by atoms with Gasteiger partial charge in [0.05, 0.1) is 24.9 Å². The molecule has 118 valence electrons. The van der Waals surface area contributed by atoms with E-state index in [-0.39, 0.29) is 17.2 Å². The van der Waals surface area contributed by atoms with Crippen molar-refractivity contribution < 1.29 is 18.3 Å². The van der Waals surface area contributed by atoms with Crippen LogP contribution in [0.1, 0.15) is 32.1 Å². The summed E-state index contributed by atoms with van der Waals surface area (Å²) >= 11 is 0. The van der Waals surface area contributed by atoms with Crippen molar-refractivity contribution in [3.63, 3.8) is 0 Å². The van der Waals surface area contributed by atoms with Crippen LogP contribution in [0.4, 0.5) is 5.69 Å². The molecule has 0 aromatic heterocycles. The zero-order valence-electron chi connectivity index (χ0n) is 12.1. The van der Waals surface area contributed by atoms with Crippen LogP contribution in [-0.2, 0) is 10.0 Å². The SMILES string of the molecule is COc1ccc(S(=O)(=O)NC2(CO)CCCCC2)c(N)c1. The average Bonchev–Trinajstić information content (AvgIpc) is 2.47. The molecule has 0 atom stereocenters. The van der Waals surface area contributed by atoms with Gasteiger partial charge in [-0.2, -0.15) is 0 Å². The van der Waals surface area contributed by atoms with Gasteiger partial charge in [-0.3, -0.25) is 0 Å². The smallest absolute Gasteiger partial charge is 0.243 e. The number of methoxy groups -OCH3 is 1. The van der Waals surface area contributed by atoms with Crippen molar-refractivity contribution in [2.45, 2.75) is 42.5 Å². The number of aliphatic hydroxyl groups is 1. The van der Waals surface area contributed by atoms with Gasteiger partial charge in [0.25, 0.3) is 0 Å². The lowest BCUT2D eigenvalue weighted by Crippen LogP contribution is -2.52. The van der Waals surface area contributed by atoms with Gasteiger partial charge in [-0.05, 0) is 25.0 Å². The summed E-state index contributed by atoms with van der Waals surface area (Å²) in [6, 6.07) is 4.45. The van der Waals surface area contributed by atoms with Crippen molar-refractivity contribution in [1.82, 2.24) is 4.72 Å². The maximum Gasteiger partial charge on any atom is 0.243 e. The van der Waals surface area contributed by atoms with E-state index in [1.807, 2.05) is 0 Å². The molecular formula is C14H22N2O4S. The summed E-state index contributed by atoms with van der Waals surface area (Å²) in [7, 11) is -2.29. The van der Waals surface area contributed by atoms with Crippen molar-refractivity contribution in [3.8, 4) is 5.75 Å². The third-order valence-corrected chi connectivity index (χ3v) is 5.62. The number of nitrogen functional groups attached to an aromatic ring is 1. The highest BCUT2D eigenvalue weighted by atomic mass is 32.2. The molecule has 2 rings (SSSR count). The predicted molar refractivity (Wildman–Crippen MR) is 80.6 cm³/mol. The van der Waals surface area contributed by atoms with Crippen molar-refractivity contribution in [3.05, 3.63) is 18.2 Å². The standard InChI is InChI=1S/C14H22N2O4S/c1-20-11-5-6-13(12(15)9-11)21(18,19)16-14(10-17)7-3-2-4-8-14/h5-6,9,16-17H,2-4,7-8,10,15H2,1H3. The van der Waals surface area contributed by atoms with Crippen LogP contribution in [-0.4, -0.2) is 32.8 Å². The Hall–Kier alpha value is -1.31. The van der Waals surface area contributed by atoms with E-state index < -0.39 is 15.6 Å². The molecule has 0 aliphatic heterocycles. The summed E-state index contributed by atoms with van der Waals surface area (Å²) < 4.78 is 32.8. The van der Waals surface area contributed by atoms with Crippen molar-refractivity contribution >= 4 is 15.7 Å². The van der Waals surface area contributed by atoms with Crippen LogP contribution in [0.2, 0.25) is 0 Å². The zero-order valence-corrected chi connectivity index (χ0v) is 12.9. The maximum atomic E-state index is 12.5. The molecule has 7 heteroatoms. The molecule has 1 aromatic rings. The highest BCUT2D eigenvalue weighted by Gasteiger charge is 2.36. The zero-order chi connectivity index (χ0) is 15.5. The molecule has 6 nitrogen and oxygen atoms in total. The molecule has 0 spiro atoms. The molecule has 0 radical (unpaired) electrons. The minimum atomic E-state index is -3.78. The topological polar surface area (TPSA) is 102 Å². The number of ether oxygens (including phenoxy) is 1. The van der Waals surface area contributed by atoms with Gasteiger partial charge in [-0.25, -0.2) is 13.1 Å². The van der Waals surface area contributed by atoms with Crippen LogP contribution in [0.3, 0.4) is 0 Å². The third kappa shape index (κ3) is 3.48. The monoisotopic (exact) mass is 314 g/mol. The average molecular weight is 314 g/mol. The van der Waals surface area contributed by atoms with Crippen molar-refractivity contribution in [2.75, 3.05) is 19.5 Å². The normalized spacial score (nSPS) is 18.4. The summed E-state index contributed by atoms with van der Waals surface area (Å²) in [6.07, 6.45) is 4.15. The Morgan fingerprint density at radius 2 is 2.00 bits per heavy atom. The predicted octanol–water partition coefficient (Wildman–Crippen LogP) is 1.25. The number of anilines is 1. The lowest BCUT2D eigenvalue weighted by atomic mass is 9.83. The number of hydrogen-bond donors (Lipinski definition) is 3. The molecule has 0 amide bonds. The quantitative estimate of drug-likeness (QED) is 0.710. The molecule has 1 fully saturated rings. The first-order valence-electron chi connectivity index (χ1n) is 7.01. The lowest BCUT2D eigenvalue weighted by molar-refractivity contribution is 0.142. The Morgan fingerprint density at radius 3 is 2.52 bits per heavy atom. The van der Waals surface area contributed by atoms with Gasteiger partial charge in [0.2, 0.25) is 10.0 Å². The number of nitrogens with one attached hydrogen (secondary N) is 1. The Kier molecular flexibility index (Phi) is 4.75. The number of sulfonamides is 1. The molecule has 1 aliphatic rings. The summed E-state index contributed by atoms with van der Waals surface area (Å²) in [6.45, 7) is -0.206. The molecule has 1 saturated carbocycles. The largest absolute Gasteiger partial charge is 0.497 e. The highest BCUT2D eigenvalue weighted by molar-refractivity contribution is 7.89. The minimum absolute atomic E-state index is 0.0155. The van der Waals surface area contributed by atoms with E-state index in [9.17, 15) is 13.5 Å². The van der Waals surface area contributed by atoms with Crippen molar-refractivity contribution in [2.24, 2.45) is 0 Å². The van der Waals surface area contributed by atoms with Gasteiger partial charge in [-0.1, -0.05) is 19.3 Å². The molecule has 0 unspecified atom stereocenters. The van der Waals surface area contributed by atoms with Gasteiger partial charge < -0.3 is 15.6 Å². The second-order valence-electron chi connectivity index (χ2n) is 5.51. The van der Waals surface area contributed by atoms with E-state index in [2.05, 4.69) is 4.72 Å². The minimum Gasteiger partial charge on any atom is -0.497 e. The van der Waals surface area contributed by atoms with Gasteiger partial charge in [-0.15, -0.1) is 0 Å². The molecule has 1 aromatic carbocycles. The third-order valence-electron chi connectivity index (χ3n) is 3.97. The lowest BCUT2D eigenvalue weighted by Gasteiger charge is -2.36. The van der Waals surface area contributed by atoms with E-state index in [0.717, 1.165) is 19.3 Å². The van der Waals surface area contributed by atoms with E-state index >= 15 is 0 Å². The van der Waals surface area contributed by atoms with Crippen LogP contribution in [0, 0.1) is 0 Å². The number of benzene rings is 1. The van der Waals surface area contributed by atoms with Crippen LogP contribution >= 0.6 is 0 Å². The van der Waals surface area contributed by atoms with Crippen LogP contribution in [0.15, 0.2) is 23.1 Å². The highest BCUT2D eigenvalue weighted by Crippen LogP contribution is 2.31. The van der Waals surface area contributed by atoms with Crippen LogP contribution in [0.5, 0.6) is 5.75 Å². The van der Waals surface area contributed by atoms with Crippen molar-refractivity contribution in [1.29, 1.82) is 0 Å². The fourth-order valence-electron chi connectivity index (χ4n) is 2.76. The van der Waals surface area contributed by atoms with Gasteiger partial charge in [0, 0.05) is 6.07 Å². The molecule has 1 aliphatic carbocycles. The van der Waals surface area contributed by atoms with E-state index in [4.69, 9.17) is 10.5 Å². The summed E-state index contributed by atoms with van der Waals surface area (Å²) in [5, 5.41) is 9.63. The molecular weight excluding hydrogens is 292 g/mol. The summed E-state index contributed by atoms with van der Waals surface area (Å²) in [5.41, 5.74) is 5.17. The number of rotatable bonds is 5. The second kappa shape index (κ2) is 6.21. The molecule has 0 bridgehead atoms. The van der Waals surface area contributed by atoms with Crippen LogP contribution < -0.4 is 15.2 Å². The molecule has 0 heterocycles. The van der Waals surface area contributed by atoms with Gasteiger partial charge in [0.15, 0.2) is 0 Å². The van der Waals surface area contributed by atoms with Crippen LogP contribution in [0.25, 0.3) is 0 Å². The number of aliphatic hydroxyl groups excluding tert-OH is 1. The van der Waals surface area contributed by atoms with E-state index in [1.165, 1.54) is 19.2 Å². The Morgan fingerprint density at radius 1 is 1.33 bits per heavy atom. The Balaban J connectivity index is 2.29. The summed E-state index contributed by atoms with van der Waals surface area (Å²) in [4.78, 5) is 0.0155. The maximum absolute atomic E-state index is 12.5. The molecule has 4 N–H and O–H groups in total. The number of nitrogens with two attached hydrogens (primary N) is 1. The first-order valence-corrected chi connectivity index (χ1v) is 8.49. The van der Waals surface area contributed by atoms with E-state index in [1.54, 1.807) is 6.07 Å². The molecule has 21 heavy (non-hydrogen) atoms. The second-order valence-corrected chi connectivity index (χ2v) is 7.16. The Labute approximate surface area is 125 Å². The van der Waals surface area contributed by atoms with Gasteiger partial charge >= 0.3 is 0 Å². The summed E-state index contributed by atoms with van der Waals surface area (Å²) in [5.74, 6) is 0.501. The first kappa shape index (κ1) is 16.1. The Bertz CT molecular complexity index is 595. The van der Waals surface area contributed by atoms with Gasteiger partial charge in [0.1, 0.15) is 10.6 Å².